The van der Waals surface area contributed by atoms with Crippen LogP contribution in [0.15, 0.2) is 12.1 Å². The molecule has 0 bridgehead atoms. The summed E-state index contributed by atoms with van der Waals surface area (Å²) < 4.78 is 24.5. The van der Waals surface area contributed by atoms with Gasteiger partial charge in [-0.1, -0.05) is 0 Å². The van der Waals surface area contributed by atoms with Gasteiger partial charge in [-0.15, -0.1) is 0 Å². The smallest absolute Gasteiger partial charge is 0.166 e. The summed E-state index contributed by atoms with van der Waals surface area (Å²) in [7, 11) is 3.13. The van der Waals surface area contributed by atoms with Crippen molar-refractivity contribution in [2.24, 2.45) is 5.92 Å². The number of benzene rings is 1. The fourth-order valence-electron chi connectivity index (χ4n) is 2.54. The van der Waals surface area contributed by atoms with Gasteiger partial charge in [-0.25, -0.2) is 4.39 Å². The van der Waals surface area contributed by atoms with Crippen LogP contribution in [0.1, 0.15) is 18.4 Å². The Kier molecular flexibility index (Phi) is 4.42. The van der Waals surface area contributed by atoms with E-state index in [2.05, 4.69) is 5.32 Å². The summed E-state index contributed by atoms with van der Waals surface area (Å²) >= 11 is 0. The van der Waals surface area contributed by atoms with Gasteiger partial charge in [-0.2, -0.15) is 0 Å². The molecule has 0 radical (unpaired) electrons. The van der Waals surface area contributed by atoms with Gasteiger partial charge >= 0.3 is 0 Å². The van der Waals surface area contributed by atoms with Crippen molar-refractivity contribution in [1.82, 2.24) is 5.32 Å². The van der Waals surface area contributed by atoms with Gasteiger partial charge in [0, 0.05) is 5.56 Å². The lowest BCUT2D eigenvalue weighted by atomic mass is 9.91. The molecule has 1 aromatic carbocycles. The van der Waals surface area contributed by atoms with Crippen molar-refractivity contribution in [2.75, 3.05) is 27.3 Å². The first-order valence-electron chi connectivity index (χ1n) is 6.36. The maximum Gasteiger partial charge on any atom is 0.166 e. The largest absolute Gasteiger partial charge is 0.493 e. The Labute approximate surface area is 107 Å². The van der Waals surface area contributed by atoms with E-state index in [0.29, 0.717) is 29.4 Å². The highest BCUT2D eigenvalue weighted by atomic mass is 19.1. The van der Waals surface area contributed by atoms with E-state index in [1.165, 1.54) is 6.07 Å². The number of hydrogen-bond donors (Lipinski definition) is 1. The molecule has 1 aliphatic rings. The fourth-order valence-corrected chi connectivity index (χ4v) is 2.54. The van der Waals surface area contributed by atoms with Crippen LogP contribution in [0.5, 0.6) is 11.5 Å². The number of ether oxygens (including phenoxy) is 2. The highest BCUT2D eigenvalue weighted by Gasteiger charge is 2.20. The van der Waals surface area contributed by atoms with Crippen LogP contribution in [0.2, 0.25) is 0 Å². The minimum atomic E-state index is -0.210. The Hall–Kier alpha value is -1.29. The molecule has 1 heterocycles. The van der Waals surface area contributed by atoms with Gasteiger partial charge in [-0.05, 0) is 50.4 Å². The van der Waals surface area contributed by atoms with E-state index in [4.69, 9.17) is 9.47 Å². The zero-order valence-corrected chi connectivity index (χ0v) is 11.0. The van der Waals surface area contributed by atoms with Crippen molar-refractivity contribution in [1.29, 1.82) is 0 Å². The Bertz CT molecular complexity index is 403. The molecule has 0 aromatic heterocycles. The molecule has 1 aromatic rings. The number of nitrogens with one attached hydrogen (secondary N) is 1. The van der Waals surface area contributed by atoms with Crippen LogP contribution in [0.25, 0.3) is 0 Å². The Morgan fingerprint density at radius 2 is 2.17 bits per heavy atom. The number of halogens is 1. The summed E-state index contributed by atoms with van der Waals surface area (Å²) in [5.41, 5.74) is 0.630. The molecule has 0 amide bonds. The molecule has 3 nitrogen and oxygen atoms in total. The molecule has 2 rings (SSSR count). The maximum absolute atomic E-state index is 14.0. The zero-order chi connectivity index (χ0) is 13.0. The normalized spacial score (nSPS) is 19.6. The molecule has 100 valence electrons. The molecule has 1 fully saturated rings. The molecule has 0 aliphatic carbocycles. The van der Waals surface area contributed by atoms with Crippen LogP contribution in [-0.4, -0.2) is 27.3 Å². The van der Waals surface area contributed by atoms with E-state index < -0.39 is 0 Å². The topological polar surface area (TPSA) is 30.5 Å². The number of methoxy groups -OCH3 is 2. The van der Waals surface area contributed by atoms with Crippen molar-refractivity contribution < 1.29 is 13.9 Å². The standard InChI is InChI=1S/C14H20FNO2/c1-17-13-6-5-12(15)11(14(13)18-2)8-10-4-3-7-16-9-10/h5-6,10,16H,3-4,7-9H2,1-2H3. The molecular weight excluding hydrogens is 233 g/mol. The zero-order valence-electron chi connectivity index (χ0n) is 11.0. The van der Waals surface area contributed by atoms with E-state index in [1.807, 2.05) is 0 Å². The van der Waals surface area contributed by atoms with E-state index in [0.717, 1.165) is 25.9 Å². The van der Waals surface area contributed by atoms with Gasteiger partial charge in [0.2, 0.25) is 0 Å². The van der Waals surface area contributed by atoms with Gasteiger partial charge in [0.1, 0.15) is 5.82 Å². The molecule has 0 spiro atoms. The predicted octanol–water partition coefficient (Wildman–Crippen LogP) is 2.39. The van der Waals surface area contributed by atoms with E-state index in [-0.39, 0.29) is 5.82 Å². The monoisotopic (exact) mass is 253 g/mol. The SMILES string of the molecule is COc1ccc(F)c(CC2CCCNC2)c1OC. The summed E-state index contributed by atoms with van der Waals surface area (Å²) in [5.74, 6) is 1.38. The lowest BCUT2D eigenvalue weighted by Gasteiger charge is -2.24. The summed E-state index contributed by atoms with van der Waals surface area (Å²) in [6.45, 7) is 2.01. The molecule has 18 heavy (non-hydrogen) atoms. The first-order chi connectivity index (χ1) is 8.76. The molecule has 1 saturated heterocycles. The van der Waals surface area contributed by atoms with Gasteiger partial charge < -0.3 is 14.8 Å². The Morgan fingerprint density at radius 1 is 1.33 bits per heavy atom. The number of piperidine rings is 1. The average molecular weight is 253 g/mol. The maximum atomic E-state index is 14.0. The van der Waals surface area contributed by atoms with E-state index in [9.17, 15) is 4.39 Å². The van der Waals surface area contributed by atoms with Crippen LogP contribution in [-0.2, 0) is 6.42 Å². The second kappa shape index (κ2) is 6.05. The first-order valence-corrected chi connectivity index (χ1v) is 6.36. The van der Waals surface area contributed by atoms with E-state index in [1.54, 1.807) is 20.3 Å². The van der Waals surface area contributed by atoms with Crippen LogP contribution in [0.3, 0.4) is 0 Å². The Balaban J connectivity index is 2.24. The minimum absolute atomic E-state index is 0.210. The molecule has 4 heteroatoms. The van der Waals surface area contributed by atoms with Crippen molar-refractivity contribution >= 4 is 0 Å². The lowest BCUT2D eigenvalue weighted by Crippen LogP contribution is -2.31. The number of rotatable bonds is 4. The summed E-state index contributed by atoms with van der Waals surface area (Å²) in [6, 6.07) is 3.06. The molecule has 1 unspecified atom stereocenters. The van der Waals surface area contributed by atoms with Crippen molar-refractivity contribution in [2.45, 2.75) is 19.3 Å². The Morgan fingerprint density at radius 3 is 2.78 bits per heavy atom. The van der Waals surface area contributed by atoms with Gasteiger partial charge in [0.15, 0.2) is 11.5 Å². The van der Waals surface area contributed by atoms with E-state index >= 15 is 0 Å². The molecule has 1 N–H and O–H groups in total. The second-order valence-corrected chi connectivity index (χ2v) is 4.68. The first kappa shape index (κ1) is 13.1. The fraction of sp³-hybridized carbons (Fsp3) is 0.571. The van der Waals surface area contributed by atoms with Crippen molar-refractivity contribution in [3.05, 3.63) is 23.5 Å². The molecule has 1 aliphatic heterocycles. The molecule has 1 atom stereocenters. The second-order valence-electron chi connectivity index (χ2n) is 4.68. The highest BCUT2D eigenvalue weighted by Crippen LogP contribution is 2.35. The predicted molar refractivity (Wildman–Crippen MR) is 68.8 cm³/mol. The third-order valence-electron chi connectivity index (χ3n) is 3.48. The average Bonchev–Trinajstić information content (AvgIpc) is 2.42. The van der Waals surface area contributed by atoms with Gasteiger partial charge in [0.25, 0.3) is 0 Å². The highest BCUT2D eigenvalue weighted by molar-refractivity contribution is 5.47. The minimum Gasteiger partial charge on any atom is -0.493 e. The summed E-state index contributed by atoms with van der Waals surface area (Å²) in [6.07, 6.45) is 2.98. The van der Waals surface area contributed by atoms with Crippen molar-refractivity contribution in [3.8, 4) is 11.5 Å². The van der Waals surface area contributed by atoms with Crippen LogP contribution < -0.4 is 14.8 Å². The summed E-state index contributed by atoms with van der Waals surface area (Å²) in [5, 5.41) is 3.35. The van der Waals surface area contributed by atoms with Crippen LogP contribution >= 0.6 is 0 Å². The molecular formula is C14H20FNO2. The number of hydrogen-bond acceptors (Lipinski definition) is 3. The third-order valence-corrected chi connectivity index (χ3v) is 3.48. The van der Waals surface area contributed by atoms with Crippen LogP contribution in [0, 0.1) is 11.7 Å². The summed E-state index contributed by atoms with van der Waals surface area (Å²) in [4.78, 5) is 0. The quantitative estimate of drug-likeness (QED) is 0.893. The van der Waals surface area contributed by atoms with Crippen molar-refractivity contribution in [3.63, 3.8) is 0 Å². The van der Waals surface area contributed by atoms with Gasteiger partial charge in [0.05, 0.1) is 14.2 Å². The molecule has 0 saturated carbocycles. The van der Waals surface area contributed by atoms with Gasteiger partial charge in [-0.3, -0.25) is 0 Å². The van der Waals surface area contributed by atoms with Crippen LogP contribution in [0.4, 0.5) is 4.39 Å². The third kappa shape index (κ3) is 2.75. The lowest BCUT2D eigenvalue weighted by molar-refractivity contribution is 0.334.